The minimum atomic E-state index is -0.168. The molecular weight excluding hydrogens is 265 g/mol. The molecule has 2 N–H and O–H groups in total. The van der Waals surface area contributed by atoms with Crippen molar-refractivity contribution in [3.8, 4) is 0 Å². The van der Waals surface area contributed by atoms with E-state index in [4.69, 9.17) is 5.11 Å². The molecule has 3 rings (SSSR count). The second-order valence-electron chi connectivity index (χ2n) is 5.77. The van der Waals surface area contributed by atoms with Crippen molar-refractivity contribution in [3.63, 3.8) is 0 Å². The summed E-state index contributed by atoms with van der Waals surface area (Å²) in [5.74, 6) is 0.388. The van der Waals surface area contributed by atoms with Crippen molar-refractivity contribution >= 4 is 0 Å². The summed E-state index contributed by atoms with van der Waals surface area (Å²) < 4.78 is 12.9. The minimum absolute atomic E-state index is 0.0929. The van der Waals surface area contributed by atoms with Crippen LogP contribution in [0.25, 0.3) is 0 Å². The molecule has 3 heteroatoms. The maximum Gasteiger partial charge on any atom is 0.123 e. The first kappa shape index (κ1) is 14.2. The molecule has 0 radical (unpaired) electrons. The van der Waals surface area contributed by atoms with Crippen molar-refractivity contribution in [2.75, 3.05) is 0 Å². The minimum Gasteiger partial charge on any atom is -0.392 e. The van der Waals surface area contributed by atoms with Gasteiger partial charge in [-0.25, -0.2) is 4.39 Å². The van der Waals surface area contributed by atoms with Gasteiger partial charge in [0.25, 0.3) is 0 Å². The van der Waals surface area contributed by atoms with Crippen LogP contribution in [-0.4, -0.2) is 11.1 Å². The van der Waals surface area contributed by atoms with E-state index in [0.717, 1.165) is 24.9 Å². The van der Waals surface area contributed by atoms with Crippen LogP contribution in [0.5, 0.6) is 0 Å². The molecule has 1 fully saturated rings. The third-order valence-electron chi connectivity index (χ3n) is 4.28. The molecule has 0 unspecified atom stereocenters. The summed E-state index contributed by atoms with van der Waals surface area (Å²) in [6.07, 6.45) is 2.22. The molecule has 1 saturated carbocycles. The Morgan fingerprint density at radius 1 is 0.952 bits per heavy atom. The SMILES string of the molecule is OCc1ccc(CNC2CC(c3ccc(F)cc3)C2)cc1. The lowest BCUT2D eigenvalue weighted by Crippen LogP contribution is -2.39. The molecule has 2 nitrogen and oxygen atoms in total. The van der Waals surface area contributed by atoms with Crippen molar-refractivity contribution in [1.29, 1.82) is 0 Å². The summed E-state index contributed by atoms with van der Waals surface area (Å²) in [6, 6.07) is 15.4. The highest BCUT2D eigenvalue weighted by Crippen LogP contribution is 2.36. The lowest BCUT2D eigenvalue weighted by molar-refractivity contribution is 0.281. The molecule has 2 aromatic carbocycles. The van der Waals surface area contributed by atoms with Crippen LogP contribution in [0.4, 0.5) is 4.39 Å². The largest absolute Gasteiger partial charge is 0.392 e. The molecule has 0 aliphatic heterocycles. The van der Waals surface area contributed by atoms with E-state index in [9.17, 15) is 4.39 Å². The van der Waals surface area contributed by atoms with E-state index in [-0.39, 0.29) is 12.4 Å². The molecule has 0 saturated heterocycles. The maximum atomic E-state index is 12.9. The Morgan fingerprint density at radius 3 is 2.19 bits per heavy atom. The molecule has 0 atom stereocenters. The second-order valence-corrected chi connectivity index (χ2v) is 5.77. The number of nitrogens with one attached hydrogen (secondary N) is 1. The van der Waals surface area contributed by atoms with Crippen LogP contribution >= 0.6 is 0 Å². The van der Waals surface area contributed by atoms with E-state index in [2.05, 4.69) is 17.4 Å². The summed E-state index contributed by atoms with van der Waals surface area (Å²) in [4.78, 5) is 0. The zero-order valence-corrected chi connectivity index (χ0v) is 11.9. The van der Waals surface area contributed by atoms with Crippen LogP contribution < -0.4 is 5.32 Å². The number of hydrogen-bond acceptors (Lipinski definition) is 2. The Balaban J connectivity index is 1.45. The van der Waals surface area contributed by atoms with Gasteiger partial charge in [0.15, 0.2) is 0 Å². The number of rotatable bonds is 5. The van der Waals surface area contributed by atoms with Crippen LogP contribution in [0.3, 0.4) is 0 Å². The van der Waals surface area contributed by atoms with Gasteiger partial charge < -0.3 is 10.4 Å². The first-order valence-electron chi connectivity index (χ1n) is 7.42. The van der Waals surface area contributed by atoms with Gasteiger partial charge in [-0.2, -0.15) is 0 Å². The smallest absolute Gasteiger partial charge is 0.123 e. The molecule has 0 heterocycles. The zero-order chi connectivity index (χ0) is 14.7. The first-order valence-corrected chi connectivity index (χ1v) is 7.42. The van der Waals surface area contributed by atoms with E-state index < -0.39 is 0 Å². The highest BCUT2D eigenvalue weighted by molar-refractivity contribution is 5.24. The van der Waals surface area contributed by atoms with Gasteiger partial charge in [0, 0.05) is 12.6 Å². The summed E-state index contributed by atoms with van der Waals surface area (Å²) in [7, 11) is 0. The molecule has 0 bridgehead atoms. The summed E-state index contributed by atoms with van der Waals surface area (Å²) in [5, 5.41) is 12.6. The van der Waals surface area contributed by atoms with Crippen LogP contribution in [0, 0.1) is 5.82 Å². The Kier molecular flexibility index (Phi) is 4.32. The molecule has 21 heavy (non-hydrogen) atoms. The number of benzene rings is 2. The van der Waals surface area contributed by atoms with Gasteiger partial charge >= 0.3 is 0 Å². The maximum absolute atomic E-state index is 12.9. The van der Waals surface area contributed by atoms with E-state index in [0.29, 0.717) is 12.0 Å². The molecule has 2 aromatic rings. The molecular formula is C18H20FNO. The predicted molar refractivity (Wildman–Crippen MR) is 81.4 cm³/mol. The fraction of sp³-hybridized carbons (Fsp3) is 0.333. The van der Waals surface area contributed by atoms with Crippen LogP contribution in [0.1, 0.15) is 35.4 Å². The first-order chi connectivity index (χ1) is 10.2. The highest BCUT2D eigenvalue weighted by atomic mass is 19.1. The summed E-state index contributed by atoms with van der Waals surface area (Å²) in [5.41, 5.74) is 3.41. The van der Waals surface area contributed by atoms with E-state index in [1.807, 2.05) is 24.3 Å². The number of aliphatic hydroxyl groups is 1. The zero-order valence-electron chi connectivity index (χ0n) is 11.9. The Labute approximate surface area is 124 Å². The molecule has 1 aliphatic carbocycles. The molecule has 0 spiro atoms. The Morgan fingerprint density at radius 2 is 1.57 bits per heavy atom. The number of aliphatic hydroxyl groups excluding tert-OH is 1. The molecule has 110 valence electrons. The van der Waals surface area contributed by atoms with Crippen molar-refractivity contribution in [2.45, 2.75) is 38.0 Å². The monoisotopic (exact) mass is 285 g/mol. The average molecular weight is 285 g/mol. The van der Waals surface area contributed by atoms with Crippen molar-refractivity contribution in [3.05, 3.63) is 71.0 Å². The third-order valence-corrected chi connectivity index (χ3v) is 4.28. The van der Waals surface area contributed by atoms with E-state index >= 15 is 0 Å². The average Bonchev–Trinajstić information content (AvgIpc) is 2.48. The quantitative estimate of drug-likeness (QED) is 0.883. The summed E-state index contributed by atoms with van der Waals surface area (Å²) >= 11 is 0. The van der Waals surface area contributed by atoms with E-state index in [1.54, 1.807) is 12.1 Å². The van der Waals surface area contributed by atoms with Crippen LogP contribution in [-0.2, 0) is 13.2 Å². The van der Waals surface area contributed by atoms with Crippen LogP contribution in [0.15, 0.2) is 48.5 Å². The van der Waals surface area contributed by atoms with Crippen molar-refractivity contribution in [2.24, 2.45) is 0 Å². The van der Waals surface area contributed by atoms with E-state index in [1.165, 1.54) is 11.1 Å². The standard InChI is InChI=1S/C18H20FNO/c19-17-7-5-15(6-8-17)16-9-18(10-16)20-11-13-1-3-14(12-21)4-2-13/h1-8,16,18,20-21H,9-12H2. The highest BCUT2D eigenvalue weighted by Gasteiger charge is 2.29. The summed E-state index contributed by atoms with van der Waals surface area (Å²) in [6.45, 7) is 0.947. The number of halogens is 1. The number of hydrogen-bond donors (Lipinski definition) is 2. The predicted octanol–water partition coefficient (Wildman–Crippen LogP) is 3.35. The lowest BCUT2D eigenvalue weighted by atomic mass is 9.76. The Hall–Kier alpha value is -1.71. The third kappa shape index (κ3) is 3.49. The van der Waals surface area contributed by atoms with Gasteiger partial charge in [-0.05, 0) is 47.6 Å². The van der Waals surface area contributed by atoms with Gasteiger partial charge in [-0.15, -0.1) is 0 Å². The topological polar surface area (TPSA) is 32.3 Å². The Bertz CT molecular complexity index is 573. The van der Waals surface area contributed by atoms with Crippen molar-refractivity contribution in [1.82, 2.24) is 5.32 Å². The normalized spacial score (nSPS) is 21.0. The molecule has 0 amide bonds. The fourth-order valence-electron chi connectivity index (χ4n) is 2.82. The molecule has 0 aromatic heterocycles. The second kappa shape index (κ2) is 6.37. The lowest BCUT2D eigenvalue weighted by Gasteiger charge is -2.36. The van der Waals surface area contributed by atoms with Gasteiger partial charge in [-0.3, -0.25) is 0 Å². The van der Waals surface area contributed by atoms with Gasteiger partial charge in [0.05, 0.1) is 6.61 Å². The van der Waals surface area contributed by atoms with Gasteiger partial charge in [0.2, 0.25) is 0 Å². The molecule has 1 aliphatic rings. The fourth-order valence-corrected chi connectivity index (χ4v) is 2.82. The van der Waals surface area contributed by atoms with Gasteiger partial charge in [0.1, 0.15) is 5.82 Å². The van der Waals surface area contributed by atoms with Gasteiger partial charge in [-0.1, -0.05) is 36.4 Å². The van der Waals surface area contributed by atoms with Crippen molar-refractivity contribution < 1.29 is 9.50 Å². The van der Waals surface area contributed by atoms with Crippen LogP contribution in [0.2, 0.25) is 0 Å².